The van der Waals surface area contributed by atoms with Crippen LogP contribution in [0.15, 0.2) is 64.8 Å². The molecule has 0 spiro atoms. The number of benzene rings is 2. The summed E-state index contributed by atoms with van der Waals surface area (Å²) in [5, 5.41) is 8.45. The maximum Gasteiger partial charge on any atom is 0.162 e. The van der Waals surface area contributed by atoms with E-state index in [0.29, 0.717) is 6.42 Å². The molecule has 0 aliphatic carbocycles. The molecule has 0 radical (unpaired) electrons. The van der Waals surface area contributed by atoms with Gasteiger partial charge in [-0.3, -0.25) is 4.79 Å². The van der Waals surface area contributed by atoms with Gasteiger partial charge in [-0.05, 0) is 42.8 Å². The van der Waals surface area contributed by atoms with E-state index in [9.17, 15) is 4.79 Å². The fourth-order valence-electron chi connectivity index (χ4n) is 4.13. The molecule has 0 fully saturated rings. The topological polar surface area (TPSA) is 41.8 Å². The Kier molecular flexibility index (Phi) is 14.8. The number of hydrogen-bond donors (Lipinski definition) is 0. The van der Waals surface area contributed by atoms with Gasteiger partial charge < -0.3 is 0 Å². The highest BCUT2D eigenvalue weighted by Gasteiger charge is 2.05. The minimum absolute atomic E-state index is 0.233. The molecule has 0 amide bonds. The lowest BCUT2D eigenvalue weighted by molar-refractivity contribution is 0.0979. The van der Waals surface area contributed by atoms with Crippen molar-refractivity contribution in [2.75, 3.05) is 0 Å². The Bertz CT molecular complexity index is 768. The molecule has 3 nitrogen and oxygen atoms in total. The second kappa shape index (κ2) is 18.2. The third-order valence-electron chi connectivity index (χ3n) is 6.23. The molecule has 180 valence electrons. The van der Waals surface area contributed by atoms with E-state index in [-0.39, 0.29) is 5.78 Å². The highest BCUT2D eigenvalue weighted by molar-refractivity contribution is 5.96. The SMILES string of the molecule is CCCCCCCCCCCCCCCCCC(=O)c1ccc(/N=N/c2ccccc2)cc1. The predicted octanol–water partition coefficient (Wildman–Crippen LogP) is 10.5. The van der Waals surface area contributed by atoms with E-state index in [1.54, 1.807) is 0 Å². The summed E-state index contributed by atoms with van der Waals surface area (Å²) in [6.45, 7) is 2.28. The summed E-state index contributed by atoms with van der Waals surface area (Å²) in [6, 6.07) is 17.1. The van der Waals surface area contributed by atoms with Gasteiger partial charge in [0.15, 0.2) is 5.78 Å². The van der Waals surface area contributed by atoms with Crippen molar-refractivity contribution in [2.45, 2.75) is 110 Å². The van der Waals surface area contributed by atoms with Crippen LogP contribution in [0.5, 0.6) is 0 Å². The van der Waals surface area contributed by atoms with Gasteiger partial charge in [-0.15, -0.1) is 0 Å². The molecule has 2 rings (SSSR count). The number of unbranched alkanes of at least 4 members (excludes halogenated alkanes) is 14. The fraction of sp³-hybridized carbons (Fsp3) is 0.567. The van der Waals surface area contributed by atoms with Gasteiger partial charge in [-0.2, -0.15) is 10.2 Å². The van der Waals surface area contributed by atoms with E-state index >= 15 is 0 Å². The molecule has 0 N–H and O–H groups in total. The number of carbonyl (C=O) groups excluding carboxylic acids is 1. The summed E-state index contributed by atoms with van der Waals surface area (Å²) in [5.74, 6) is 0.233. The molecular weight excluding hydrogens is 404 g/mol. The molecule has 0 aliphatic rings. The first-order chi connectivity index (χ1) is 16.3. The van der Waals surface area contributed by atoms with E-state index < -0.39 is 0 Å². The number of azo groups is 1. The van der Waals surface area contributed by atoms with Gasteiger partial charge in [0.1, 0.15) is 0 Å². The lowest BCUT2D eigenvalue weighted by Gasteiger charge is -2.04. The van der Waals surface area contributed by atoms with Gasteiger partial charge in [-0.25, -0.2) is 0 Å². The Morgan fingerprint density at radius 2 is 0.970 bits per heavy atom. The van der Waals surface area contributed by atoms with Crippen LogP contribution in [-0.2, 0) is 0 Å². The molecule has 0 bridgehead atoms. The Morgan fingerprint density at radius 1 is 0.545 bits per heavy atom. The van der Waals surface area contributed by atoms with Crippen molar-refractivity contribution < 1.29 is 4.79 Å². The van der Waals surface area contributed by atoms with E-state index in [1.807, 2.05) is 54.6 Å². The first kappa shape index (κ1) is 27.0. The molecule has 0 saturated carbocycles. The van der Waals surface area contributed by atoms with Crippen LogP contribution in [0.4, 0.5) is 11.4 Å². The number of rotatable bonds is 19. The smallest absolute Gasteiger partial charge is 0.162 e. The third-order valence-corrected chi connectivity index (χ3v) is 6.23. The van der Waals surface area contributed by atoms with Gasteiger partial charge in [0.2, 0.25) is 0 Å². The van der Waals surface area contributed by atoms with Crippen molar-refractivity contribution in [1.82, 2.24) is 0 Å². The second-order valence-corrected chi connectivity index (χ2v) is 9.21. The molecule has 0 atom stereocenters. The van der Waals surface area contributed by atoms with Crippen LogP contribution < -0.4 is 0 Å². The average Bonchev–Trinajstić information content (AvgIpc) is 2.86. The molecule has 33 heavy (non-hydrogen) atoms. The van der Waals surface area contributed by atoms with Crippen molar-refractivity contribution >= 4 is 17.2 Å². The van der Waals surface area contributed by atoms with E-state index in [0.717, 1.165) is 29.8 Å². The Labute approximate surface area is 202 Å². The van der Waals surface area contributed by atoms with E-state index in [2.05, 4.69) is 17.2 Å². The lowest BCUT2D eigenvalue weighted by atomic mass is 10.0. The molecule has 2 aromatic rings. The Balaban J connectivity index is 1.45. The van der Waals surface area contributed by atoms with Gasteiger partial charge >= 0.3 is 0 Å². The number of Topliss-reactive ketones (excluding diaryl/α,β-unsaturated/α-hetero) is 1. The van der Waals surface area contributed by atoms with Crippen LogP contribution in [-0.4, -0.2) is 5.78 Å². The summed E-state index contributed by atoms with van der Waals surface area (Å²) >= 11 is 0. The highest BCUT2D eigenvalue weighted by Crippen LogP contribution is 2.20. The summed E-state index contributed by atoms with van der Waals surface area (Å²) in [6.07, 6.45) is 20.8. The first-order valence-electron chi connectivity index (χ1n) is 13.4. The summed E-state index contributed by atoms with van der Waals surface area (Å²) in [4.78, 5) is 12.4. The third kappa shape index (κ3) is 13.1. The Morgan fingerprint density at radius 3 is 1.45 bits per heavy atom. The van der Waals surface area contributed by atoms with Crippen LogP contribution in [0.1, 0.15) is 120 Å². The zero-order chi connectivity index (χ0) is 23.4. The quantitative estimate of drug-likeness (QED) is 0.120. The second-order valence-electron chi connectivity index (χ2n) is 9.21. The standard InChI is InChI=1S/C30H44N2O/c1-2-3-4-5-6-7-8-9-10-11-12-13-14-15-19-22-30(33)27-23-25-29(26-24-27)32-31-28-20-17-16-18-21-28/h16-18,20-21,23-26H,2-15,19,22H2,1H3/b32-31+. The molecule has 0 aromatic heterocycles. The molecule has 0 heterocycles. The zero-order valence-electron chi connectivity index (χ0n) is 20.8. The Hall–Kier alpha value is -2.29. The molecule has 2 aromatic carbocycles. The van der Waals surface area contributed by atoms with Crippen LogP contribution in [0.2, 0.25) is 0 Å². The molecule has 0 unspecified atom stereocenters. The number of carbonyl (C=O) groups is 1. The van der Waals surface area contributed by atoms with E-state index in [1.165, 1.54) is 83.5 Å². The van der Waals surface area contributed by atoms with Crippen molar-refractivity contribution in [2.24, 2.45) is 10.2 Å². The van der Waals surface area contributed by atoms with Crippen molar-refractivity contribution in [3.05, 3.63) is 60.2 Å². The van der Waals surface area contributed by atoms with Crippen molar-refractivity contribution in [3.63, 3.8) is 0 Å². The van der Waals surface area contributed by atoms with Crippen LogP contribution in [0.3, 0.4) is 0 Å². The lowest BCUT2D eigenvalue weighted by Crippen LogP contribution is -1.98. The number of hydrogen-bond acceptors (Lipinski definition) is 3. The maximum absolute atomic E-state index is 12.4. The first-order valence-corrected chi connectivity index (χ1v) is 13.4. The molecule has 0 saturated heterocycles. The van der Waals surface area contributed by atoms with Gasteiger partial charge in [0.05, 0.1) is 11.4 Å². The number of nitrogens with zero attached hydrogens (tertiary/aromatic N) is 2. The average molecular weight is 449 g/mol. The van der Waals surface area contributed by atoms with Crippen LogP contribution in [0, 0.1) is 0 Å². The molecule has 3 heteroatoms. The largest absolute Gasteiger partial charge is 0.294 e. The normalized spacial score (nSPS) is 11.3. The monoisotopic (exact) mass is 448 g/mol. The molecular formula is C30H44N2O. The van der Waals surface area contributed by atoms with Gasteiger partial charge in [0.25, 0.3) is 0 Å². The van der Waals surface area contributed by atoms with Crippen LogP contribution >= 0.6 is 0 Å². The van der Waals surface area contributed by atoms with Gasteiger partial charge in [-0.1, -0.05) is 115 Å². The van der Waals surface area contributed by atoms with Gasteiger partial charge in [0, 0.05) is 12.0 Å². The summed E-state index contributed by atoms with van der Waals surface area (Å²) < 4.78 is 0. The summed E-state index contributed by atoms with van der Waals surface area (Å²) in [5.41, 5.74) is 2.37. The minimum Gasteiger partial charge on any atom is -0.294 e. The van der Waals surface area contributed by atoms with Crippen molar-refractivity contribution in [1.29, 1.82) is 0 Å². The maximum atomic E-state index is 12.4. The fourth-order valence-corrected chi connectivity index (χ4v) is 4.13. The summed E-state index contributed by atoms with van der Waals surface area (Å²) in [7, 11) is 0. The predicted molar refractivity (Wildman–Crippen MR) is 141 cm³/mol. The van der Waals surface area contributed by atoms with E-state index in [4.69, 9.17) is 0 Å². The van der Waals surface area contributed by atoms with Crippen molar-refractivity contribution in [3.8, 4) is 0 Å². The zero-order valence-corrected chi connectivity index (χ0v) is 20.8. The van der Waals surface area contributed by atoms with Crippen LogP contribution in [0.25, 0.3) is 0 Å². The minimum atomic E-state index is 0.233. The molecule has 0 aliphatic heterocycles. The highest BCUT2D eigenvalue weighted by atomic mass is 16.1. The number of ketones is 1.